The average Bonchev–Trinajstić information content (AvgIpc) is 2.30. The van der Waals surface area contributed by atoms with Gasteiger partial charge in [0, 0.05) is 6.54 Å². The van der Waals surface area contributed by atoms with Crippen LogP contribution in [0.15, 0.2) is 0 Å². The van der Waals surface area contributed by atoms with Gasteiger partial charge >= 0.3 is 5.97 Å². The van der Waals surface area contributed by atoms with Gasteiger partial charge in [0.1, 0.15) is 6.04 Å². The molecule has 0 spiro atoms. The second-order valence-electron chi connectivity index (χ2n) is 5.23. The van der Waals surface area contributed by atoms with E-state index in [1.165, 1.54) is 32.1 Å². The normalized spacial score (nSPS) is 19.5. The van der Waals surface area contributed by atoms with Crippen molar-refractivity contribution in [2.24, 2.45) is 5.92 Å². The van der Waals surface area contributed by atoms with Gasteiger partial charge in [-0.3, -0.25) is 4.79 Å². The summed E-state index contributed by atoms with van der Waals surface area (Å²) in [5, 5.41) is 11.8. The summed E-state index contributed by atoms with van der Waals surface area (Å²) in [6.45, 7) is 1.98. The lowest BCUT2D eigenvalue weighted by molar-refractivity contribution is -0.139. The summed E-state index contributed by atoms with van der Waals surface area (Å²) in [7, 11) is 3.81. The van der Waals surface area contributed by atoms with Gasteiger partial charge < -0.3 is 15.3 Å². The minimum atomic E-state index is -0.751. The maximum Gasteiger partial charge on any atom is 0.320 e. The molecule has 0 saturated heterocycles. The minimum Gasteiger partial charge on any atom is -0.480 e. The van der Waals surface area contributed by atoms with Crippen LogP contribution in [0.4, 0.5) is 0 Å². The fraction of sp³-hybridized carbons (Fsp3) is 0.923. The molecule has 0 heterocycles. The summed E-state index contributed by atoms with van der Waals surface area (Å²) in [5.41, 5.74) is 0. The lowest BCUT2D eigenvalue weighted by atomic mass is 9.89. The van der Waals surface area contributed by atoms with Crippen LogP contribution in [0.25, 0.3) is 0 Å². The van der Waals surface area contributed by atoms with E-state index < -0.39 is 12.0 Å². The van der Waals surface area contributed by atoms with Gasteiger partial charge in [0.05, 0.1) is 0 Å². The summed E-state index contributed by atoms with van der Waals surface area (Å²) in [5.74, 6) is 0.0742. The quantitative estimate of drug-likeness (QED) is 0.711. The molecule has 0 aromatic rings. The zero-order valence-corrected chi connectivity index (χ0v) is 11.1. The molecule has 0 amide bonds. The molecule has 4 heteroatoms. The molecule has 17 heavy (non-hydrogen) atoms. The zero-order valence-electron chi connectivity index (χ0n) is 11.1. The van der Waals surface area contributed by atoms with Crippen LogP contribution in [0.1, 0.15) is 38.5 Å². The highest BCUT2D eigenvalue weighted by Crippen LogP contribution is 2.24. The molecule has 100 valence electrons. The number of carboxylic acids is 1. The molecule has 2 N–H and O–H groups in total. The second-order valence-corrected chi connectivity index (χ2v) is 5.23. The van der Waals surface area contributed by atoms with Crippen LogP contribution in [0.2, 0.25) is 0 Å². The Bertz CT molecular complexity index is 227. The lowest BCUT2D eigenvalue weighted by Gasteiger charge is -2.27. The van der Waals surface area contributed by atoms with Crippen molar-refractivity contribution in [2.45, 2.75) is 44.6 Å². The summed E-state index contributed by atoms with van der Waals surface area (Å²) in [6.07, 6.45) is 7.49. The second kappa shape index (κ2) is 7.67. The number of nitrogens with zero attached hydrogens (tertiary/aromatic N) is 1. The predicted octanol–water partition coefficient (Wildman–Crippen LogP) is 1.56. The first-order valence-electron chi connectivity index (χ1n) is 6.72. The van der Waals surface area contributed by atoms with Crippen molar-refractivity contribution >= 4 is 5.97 Å². The molecular weight excluding hydrogens is 216 g/mol. The SMILES string of the molecule is CNC(CCN(C)CC1CCCCC1)C(=O)O. The number of aliphatic carboxylic acids is 1. The van der Waals surface area contributed by atoms with E-state index in [1.54, 1.807) is 7.05 Å². The number of rotatable bonds is 7. The Balaban J connectivity index is 2.19. The van der Waals surface area contributed by atoms with Gasteiger partial charge in [-0.2, -0.15) is 0 Å². The fourth-order valence-corrected chi connectivity index (χ4v) is 2.64. The molecule has 0 aromatic carbocycles. The lowest BCUT2D eigenvalue weighted by Crippen LogP contribution is -2.38. The topological polar surface area (TPSA) is 52.6 Å². The van der Waals surface area contributed by atoms with E-state index in [9.17, 15) is 4.79 Å². The van der Waals surface area contributed by atoms with E-state index >= 15 is 0 Å². The Morgan fingerprint density at radius 2 is 2.06 bits per heavy atom. The molecular formula is C13H26N2O2. The van der Waals surface area contributed by atoms with Crippen LogP contribution in [0, 0.1) is 5.92 Å². The molecule has 1 rings (SSSR count). The number of nitrogens with one attached hydrogen (secondary N) is 1. The van der Waals surface area contributed by atoms with Crippen LogP contribution in [-0.2, 0) is 4.79 Å². The standard InChI is InChI=1S/C13H26N2O2/c1-14-12(13(16)17)8-9-15(2)10-11-6-4-3-5-7-11/h11-12,14H,3-10H2,1-2H3,(H,16,17). The van der Waals surface area contributed by atoms with Gasteiger partial charge in [-0.1, -0.05) is 19.3 Å². The molecule has 1 saturated carbocycles. The number of carbonyl (C=O) groups is 1. The molecule has 1 aliphatic carbocycles. The van der Waals surface area contributed by atoms with Crippen LogP contribution < -0.4 is 5.32 Å². The minimum absolute atomic E-state index is 0.413. The van der Waals surface area contributed by atoms with Gasteiger partial charge in [0.25, 0.3) is 0 Å². The van der Waals surface area contributed by atoms with Crippen LogP contribution in [-0.4, -0.2) is 49.2 Å². The molecule has 0 aromatic heterocycles. The maximum atomic E-state index is 10.9. The number of hydrogen-bond acceptors (Lipinski definition) is 3. The fourth-order valence-electron chi connectivity index (χ4n) is 2.64. The smallest absolute Gasteiger partial charge is 0.320 e. The third-order valence-electron chi connectivity index (χ3n) is 3.74. The Labute approximate surface area is 104 Å². The van der Waals surface area contributed by atoms with Crippen LogP contribution in [0.3, 0.4) is 0 Å². The van der Waals surface area contributed by atoms with Crippen molar-refractivity contribution < 1.29 is 9.90 Å². The van der Waals surface area contributed by atoms with E-state index in [0.717, 1.165) is 19.0 Å². The van der Waals surface area contributed by atoms with Gasteiger partial charge in [0.15, 0.2) is 0 Å². The van der Waals surface area contributed by atoms with Gasteiger partial charge in [-0.25, -0.2) is 0 Å². The van der Waals surface area contributed by atoms with Gasteiger partial charge in [-0.05, 0) is 45.8 Å². The maximum absolute atomic E-state index is 10.9. The average molecular weight is 242 g/mol. The monoisotopic (exact) mass is 242 g/mol. The third-order valence-corrected chi connectivity index (χ3v) is 3.74. The first-order chi connectivity index (χ1) is 8.13. The molecule has 1 atom stereocenters. The van der Waals surface area contributed by atoms with Crippen molar-refractivity contribution in [1.29, 1.82) is 0 Å². The largest absolute Gasteiger partial charge is 0.480 e. The first kappa shape index (κ1) is 14.5. The molecule has 4 nitrogen and oxygen atoms in total. The van der Waals surface area contributed by atoms with E-state index in [4.69, 9.17) is 5.11 Å². The van der Waals surface area contributed by atoms with Crippen molar-refractivity contribution in [2.75, 3.05) is 27.2 Å². The molecule has 1 fully saturated rings. The van der Waals surface area contributed by atoms with Crippen molar-refractivity contribution in [3.05, 3.63) is 0 Å². The highest BCUT2D eigenvalue weighted by Gasteiger charge is 2.18. The number of likely N-dealkylation sites (N-methyl/N-ethyl adjacent to an activating group) is 1. The molecule has 0 aliphatic heterocycles. The summed E-state index contributed by atoms with van der Waals surface area (Å²) in [6, 6.07) is -0.413. The van der Waals surface area contributed by atoms with Crippen LogP contribution in [0.5, 0.6) is 0 Å². The Morgan fingerprint density at radius 3 is 2.59 bits per heavy atom. The Kier molecular flexibility index (Phi) is 6.52. The van der Waals surface area contributed by atoms with Crippen molar-refractivity contribution in [3.63, 3.8) is 0 Å². The summed E-state index contributed by atoms with van der Waals surface area (Å²) in [4.78, 5) is 13.1. The van der Waals surface area contributed by atoms with Crippen molar-refractivity contribution in [3.8, 4) is 0 Å². The Morgan fingerprint density at radius 1 is 1.41 bits per heavy atom. The molecule has 1 unspecified atom stereocenters. The third kappa shape index (κ3) is 5.50. The predicted molar refractivity (Wildman–Crippen MR) is 69.2 cm³/mol. The summed E-state index contributed by atoms with van der Waals surface area (Å²) >= 11 is 0. The molecule has 0 radical (unpaired) electrons. The van der Waals surface area contributed by atoms with E-state index in [2.05, 4.69) is 17.3 Å². The zero-order chi connectivity index (χ0) is 12.7. The number of carboxylic acid groups (broad SMARTS) is 1. The van der Waals surface area contributed by atoms with Gasteiger partial charge in [0.2, 0.25) is 0 Å². The first-order valence-corrected chi connectivity index (χ1v) is 6.72. The van der Waals surface area contributed by atoms with E-state index in [-0.39, 0.29) is 0 Å². The molecule has 1 aliphatic rings. The number of hydrogen-bond donors (Lipinski definition) is 2. The van der Waals surface area contributed by atoms with E-state index in [1.807, 2.05) is 0 Å². The summed E-state index contributed by atoms with van der Waals surface area (Å²) < 4.78 is 0. The Hall–Kier alpha value is -0.610. The highest BCUT2D eigenvalue weighted by molar-refractivity contribution is 5.73. The highest BCUT2D eigenvalue weighted by atomic mass is 16.4. The van der Waals surface area contributed by atoms with Crippen LogP contribution >= 0.6 is 0 Å². The molecule has 0 bridgehead atoms. The van der Waals surface area contributed by atoms with E-state index in [0.29, 0.717) is 6.42 Å². The van der Waals surface area contributed by atoms with Crippen molar-refractivity contribution in [1.82, 2.24) is 10.2 Å². The van der Waals surface area contributed by atoms with Gasteiger partial charge in [-0.15, -0.1) is 0 Å².